The number of nitrogens with two attached hydrogens (primary N) is 1. The molecule has 0 aliphatic heterocycles. The maximum Gasteiger partial charge on any atom is 0.417 e. The van der Waals surface area contributed by atoms with Gasteiger partial charge in [0.2, 0.25) is 11.7 Å². The number of nitrogens with zero attached hydrogens (tertiary/aromatic N) is 4. The minimum Gasteiger partial charge on any atom is -0.366 e. The standard InChI is InChI=1S/C16H12F3N5O/c17-16(18,19)13-4-2-1-3-12(13)15-21-23-24(22-15)9-10-5-7-11(8-6-10)14(20)25/h1-8H,9H2,(H2,20,25). The van der Waals surface area contributed by atoms with Crippen molar-refractivity contribution in [3.63, 3.8) is 0 Å². The van der Waals surface area contributed by atoms with E-state index in [1.807, 2.05) is 0 Å². The monoisotopic (exact) mass is 347 g/mol. The molecule has 6 nitrogen and oxygen atoms in total. The summed E-state index contributed by atoms with van der Waals surface area (Å²) in [5.41, 5.74) is 5.31. The molecule has 1 heterocycles. The van der Waals surface area contributed by atoms with Crippen LogP contribution in [0.2, 0.25) is 0 Å². The van der Waals surface area contributed by atoms with Crippen molar-refractivity contribution >= 4 is 5.91 Å². The molecule has 0 bridgehead atoms. The normalized spacial score (nSPS) is 11.5. The minimum atomic E-state index is -4.51. The molecule has 1 aromatic heterocycles. The predicted molar refractivity (Wildman–Crippen MR) is 82.3 cm³/mol. The van der Waals surface area contributed by atoms with Crippen LogP contribution in [0.15, 0.2) is 48.5 Å². The lowest BCUT2D eigenvalue weighted by molar-refractivity contribution is -0.137. The first-order valence-electron chi connectivity index (χ1n) is 7.18. The molecular formula is C16H12F3N5O. The summed E-state index contributed by atoms with van der Waals surface area (Å²) in [5.74, 6) is -0.654. The fraction of sp³-hybridized carbons (Fsp3) is 0.125. The van der Waals surface area contributed by atoms with Gasteiger partial charge in [0.25, 0.3) is 0 Å². The summed E-state index contributed by atoms with van der Waals surface area (Å²) in [4.78, 5) is 12.2. The number of carbonyl (C=O) groups excluding carboxylic acids is 1. The average molecular weight is 347 g/mol. The van der Waals surface area contributed by atoms with Crippen molar-refractivity contribution in [2.75, 3.05) is 0 Å². The Morgan fingerprint density at radius 2 is 1.76 bits per heavy atom. The molecule has 0 saturated heterocycles. The Morgan fingerprint density at radius 1 is 1.08 bits per heavy atom. The van der Waals surface area contributed by atoms with Crippen molar-refractivity contribution in [1.29, 1.82) is 0 Å². The van der Waals surface area contributed by atoms with Crippen molar-refractivity contribution in [2.24, 2.45) is 5.73 Å². The maximum absolute atomic E-state index is 13.1. The van der Waals surface area contributed by atoms with Gasteiger partial charge in [0.15, 0.2) is 0 Å². The van der Waals surface area contributed by atoms with E-state index in [1.165, 1.54) is 23.0 Å². The molecule has 128 valence electrons. The van der Waals surface area contributed by atoms with Crippen LogP contribution in [0.4, 0.5) is 13.2 Å². The van der Waals surface area contributed by atoms with E-state index in [0.29, 0.717) is 5.56 Å². The summed E-state index contributed by atoms with van der Waals surface area (Å²) in [6.07, 6.45) is -4.51. The Bertz CT molecular complexity index is 903. The van der Waals surface area contributed by atoms with E-state index in [4.69, 9.17) is 5.73 Å². The predicted octanol–water partition coefficient (Wildman–Crippen LogP) is 2.51. The van der Waals surface area contributed by atoms with E-state index in [0.717, 1.165) is 11.6 Å². The van der Waals surface area contributed by atoms with Crippen molar-refractivity contribution in [3.05, 3.63) is 65.2 Å². The topological polar surface area (TPSA) is 86.7 Å². The number of benzene rings is 2. The second-order valence-corrected chi connectivity index (χ2v) is 5.25. The molecule has 0 aliphatic rings. The molecule has 3 aromatic rings. The summed E-state index contributed by atoms with van der Waals surface area (Å²) in [6, 6.07) is 11.5. The Balaban J connectivity index is 1.85. The Labute approximate surface area is 140 Å². The quantitative estimate of drug-likeness (QED) is 0.786. The summed E-state index contributed by atoms with van der Waals surface area (Å²) in [7, 11) is 0. The van der Waals surface area contributed by atoms with E-state index >= 15 is 0 Å². The lowest BCUT2D eigenvalue weighted by Gasteiger charge is -2.09. The van der Waals surface area contributed by atoms with Crippen LogP contribution in [0.3, 0.4) is 0 Å². The number of rotatable bonds is 4. The molecule has 1 amide bonds. The van der Waals surface area contributed by atoms with E-state index in [9.17, 15) is 18.0 Å². The number of alkyl halides is 3. The first-order valence-corrected chi connectivity index (χ1v) is 7.18. The van der Waals surface area contributed by atoms with E-state index in [2.05, 4.69) is 15.4 Å². The second kappa shape index (κ2) is 6.34. The van der Waals surface area contributed by atoms with Gasteiger partial charge in [0, 0.05) is 11.1 Å². The van der Waals surface area contributed by atoms with E-state index in [1.54, 1.807) is 24.3 Å². The molecule has 0 fully saturated rings. The van der Waals surface area contributed by atoms with Crippen LogP contribution >= 0.6 is 0 Å². The third-order valence-electron chi connectivity index (χ3n) is 3.49. The zero-order valence-corrected chi connectivity index (χ0v) is 12.7. The Morgan fingerprint density at radius 3 is 2.40 bits per heavy atom. The largest absolute Gasteiger partial charge is 0.417 e. The number of aromatic nitrogens is 4. The van der Waals surface area contributed by atoms with Crippen LogP contribution in [0.5, 0.6) is 0 Å². The highest BCUT2D eigenvalue weighted by Gasteiger charge is 2.34. The number of hydrogen-bond acceptors (Lipinski definition) is 4. The molecule has 2 aromatic carbocycles. The highest BCUT2D eigenvalue weighted by molar-refractivity contribution is 5.92. The maximum atomic E-state index is 13.1. The van der Waals surface area contributed by atoms with Gasteiger partial charge in [-0.1, -0.05) is 30.3 Å². The zero-order valence-electron chi connectivity index (χ0n) is 12.7. The number of hydrogen-bond donors (Lipinski definition) is 1. The average Bonchev–Trinajstić information content (AvgIpc) is 3.03. The van der Waals surface area contributed by atoms with Crippen LogP contribution in [0.25, 0.3) is 11.4 Å². The van der Waals surface area contributed by atoms with E-state index in [-0.39, 0.29) is 17.9 Å². The van der Waals surface area contributed by atoms with Crippen molar-refractivity contribution in [2.45, 2.75) is 12.7 Å². The Hall–Kier alpha value is -3.23. The number of tetrazole rings is 1. The van der Waals surface area contributed by atoms with E-state index < -0.39 is 17.6 Å². The summed E-state index contributed by atoms with van der Waals surface area (Å²) >= 11 is 0. The zero-order chi connectivity index (χ0) is 18.0. The lowest BCUT2D eigenvalue weighted by atomic mass is 10.1. The van der Waals surface area contributed by atoms with Crippen LogP contribution in [-0.2, 0) is 12.7 Å². The number of carbonyl (C=O) groups is 1. The fourth-order valence-electron chi connectivity index (χ4n) is 2.28. The summed E-state index contributed by atoms with van der Waals surface area (Å²) < 4.78 is 39.2. The molecule has 3 rings (SSSR count). The van der Waals surface area contributed by atoms with Gasteiger partial charge in [-0.2, -0.15) is 18.0 Å². The molecule has 0 radical (unpaired) electrons. The molecule has 0 unspecified atom stereocenters. The second-order valence-electron chi connectivity index (χ2n) is 5.25. The van der Waals surface area contributed by atoms with Gasteiger partial charge in [0.1, 0.15) is 0 Å². The highest BCUT2D eigenvalue weighted by Crippen LogP contribution is 2.35. The molecule has 0 saturated carbocycles. The van der Waals surface area contributed by atoms with Crippen molar-refractivity contribution < 1.29 is 18.0 Å². The van der Waals surface area contributed by atoms with Crippen LogP contribution in [0, 0.1) is 0 Å². The summed E-state index contributed by atoms with van der Waals surface area (Å²) in [5, 5.41) is 11.5. The SMILES string of the molecule is NC(=O)c1ccc(Cn2nnc(-c3ccccc3C(F)(F)F)n2)cc1. The van der Waals surface area contributed by atoms with Gasteiger partial charge < -0.3 is 5.73 Å². The third-order valence-corrected chi connectivity index (χ3v) is 3.49. The van der Waals surface area contributed by atoms with Gasteiger partial charge in [-0.25, -0.2) is 0 Å². The molecule has 9 heteroatoms. The van der Waals surface area contributed by atoms with Gasteiger partial charge in [-0.3, -0.25) is 4.79 Å². The first-order chi connectivity index (χ1) is 11.8. The smallest absolute Gasteiger partial charge is 0.366 e. The molecule has 0 atom stereocenters. The van der Waals surface area contributed by atoms with Crippen molar-refractivity contribution in [3.8, 4) is 11.4 Å². The first kappa shape index (κ1) is 16.6. The lowest BCUT2D eigenvalue weighted by Crippen LogP contribution is -2.11. The number of halogens is 3. The molecule has 0 spiro atoms. The number of primary amides is 1. The summed E-state index contributed by atoms with van der Waals surface area (Å²) in [6.45, 7) is 0.195. The minimum absolute atomic E-state index is 0.110. The van der Waals surface area contributed by atoms with Gasteiger partial charge in [-0.15, -0.1) is 10.2 Å². The van der Waals surface area contributed by atoms with Gasteiger partial charge in [0.05, 0.1) is 12.1 Å². The Kier molecular flexibility index (Phi) is 4.22. The van der Waals surface area contributed by atoms with Gasteiger partial charge in [-0.05, 0) is 29.0 Å². The fourth-order valence-corrected chi connectivity index (χ4v) is 2.28. The highest BCUT2D eigenvalue weighted by atomic mass is 19.4. The molecule has 2 N–H and O–H groups in total. The van der Waals surface area contributed by atoms with Crippen LogP contribution in [-0.4, -0.2) is 26.1 Å². The van der Waals surface area contributed by atoms with Crippen LogP contribution < -0.4 is 5.73 Å². The van der Waals surface area contributed by atoms with Gasteiger partial charge >= 0.3 is 6.18 Å². The number of amides is 1. The van der Waals surface area contributed by atoms with Crippen molar-refractivity contribution in [1.82, 2.24) is 20.2 Å². The molecular weight excluding hydrogens is 335 g/mol. The molecule has 0 aliphatic carbocycles. The molecule has 25 heavy (non-hydrogen) atoms. The third kappa shape index (κ3) is 3.65. The van der Waals surface area contributed by atoms with Crippen LogP contribution in [0.1, 0.15) is 21.5 Å².